The van der Waals surface area contributed by atoms with Crippen LogP contribution in [0.5, 0.6) is 0 Å². The van der Waals surface area contributed by atoms with Gasteiger partial charge in [-0.25, -0.2) is 0 Å². The van der Waals surface area contributed by atoms with Gasteiger partial charge in [-0.05, 0) is 45.2 Å². The first kappa shape index (κ1) is 13.8. The maximum atomic E-state index is 10.9. The summed E-state index contributed by atoms with van der Waals surface area (Å²) in [6, 6.07) is 5.77. The largest absolute Gasteiger partial charge is 0.367 e. The van der Waals surface area contributed by atoms with Crippen molar-refractivity contribution in [3.05, 3.63) is 33.9 Å². The van der Waals surface area contributed by atoms with E-state index in [9.17, 15) is 10.1 Å². The smallest absolute Gasteiger partial charge is 0.272 e. The number of piperidine rings is 1. The van der Waals surface area contributed by atoms with Gasteiger partial charge in [0.1, 0.15) is 0 Å². The number of hydrogen-bond donors (Lipinski definition) is 1. The zero-order valence-electron chi connectivity index (χ0n) is 11.5. The Balaban J connectivity index is 2.29. The minimum Gasteiger partial charge on any atom is -0.367 e. The number of nitro benzene ring substituents is 1. The molecule has 1 fully saturated rings. The van der Waals surface area contributed by atoms with E-state index < -0.39 is 0 Å². The fourth-order valence-electron chi connectivity index (χ4n) is 2.85. The van der Waals surface area contributed by atoms with Crippen LogP contribution in [0.15, 0.2) is 18.2 Å². The van der Waals surface area contributed by atoms with Crippen molar-refractivity contribution in [2.45, 2.75) is 45.2 Å². The Labute approximate surface area is 113 Å². The van der Waals surface area contributed by atoms with Crippen molar-refractivity contribution < 1.29 is 4.92 Å². The Morgan fingerprint density at radius 1 is 1.47 bits per heavy atom. The summed E-state index contributed by atoms with van der Waals surface area (Å²) in [6.07, 6.45) is 3.45. The minimum atomic E-state index is -0.335. The van der Waals surface area contributed by atoms with E-state index in [1.54, 1.807) is 13.0 Å². The van der Waals surface area contributed by atoms with E-state index >= 15 is 0 Å². The number of nitro groups is 1. The summed E-state index contributed by atoms with van der Waals surface area (Å²) >= 11 is 0. The summed E-state index contributed by atoms with van der Waals surface area (Å²) in [6.45, 7) is 4.79. The molecule has 0 aromatic heterocycles. The van der Waals surface area contributed by atoms with Gasteiger partial charge in [-0.15, -0.1) is 0 Å². The van der Waals surface area contributed by atoms with Crippen molar-refractivity contribution in [1.29, 1.82) is 0 Å². The standard InChI is InChI=1S/C14H21N3O2/c1-10-9-12(6-7-13(10)17(18)19)16-8-4-3-5-14(16)11(2)15/h6-7,9,11,14H,3-5,8,15H2,1-2H3. The second-order valence-electron chi connectivity index (χ2n) is 5.34. The van der Waals surface area contributed by atoms with Gasteiger partial charge in [-0.1, -0.05) is 0 Å². The molecule has 2 atom stereocenters. The second-order valence-corrected chi connectivity index (χ2v) is 5.34. The van der Waals surface area contributed by atoms with Crippen molar-refractivity contribution in [2.75, 3.05) is 11.4 Å². The zero-order chi connectivity index (χ0) is 14.0. The molecule has 19 heavy (non-hydrogen) atoms. The number of rotatable bonds is 3. The quantitative estimate of drug-likeness (QED) is 0.672. The maximum Gasteiger partial charge on any atom is 0.272 e. The van der Waals surface area contributed by atoms with Gasteiger partial charge in [0.2, 0.25) is 0 Å². The second kappa shape index (κ2) is 5.57. The van der Waals surface area contributed by atoms with Crippen LogP contribution in [-0.4, -0.2) is 23.6 Å². The summed E-state index contributed by atoms with van der Waals surface area (Å²) in [7, 11) is 0. The average Bonchev–Trinajstić information content (AvgIpc) is 2.38. The van der Waals surface area contributed by atoms with E-state index in [1.807, 2.05) is 19.1 Å². The molecule has 2 rings (SSSR count). The molecule has 0 radical (unpaired) electrons. The Hall–Kier alpha value is -1.62. The number of hydrogen-bond acceptors (Lipinski definition) is 4. The van der Waals surface area contributed by atoms with Gasteiger partial charge in [0.15, 0.2) is 0 Å². The van der Waals surface area contributed by atoms with E-state index in [4.69, 9.17) is 5.73 Å². The molecule has 2 unspecified atom stereocenters. The molecule has 0 amide bonds. The third-order valence-electron chi connectivity index (χ3n) is 3.86. The van der Waals surface area contributed by atoms with Crippen LogP contribution in [0.3, 0.4) is 0 Å². The van der Waals surface area contributed by atoms with E-state index in [0.717, 1.165) is 25.1 Å². The van der Waals surface area contributed by atoms with Crippen molar-refractivity contribution in [1.82, 2.24) is 0 Å². The molecule has 104 valence electrons. The zero-order valence-corrected chi connectivity index (χ0v) is 11.5. The molecule has 0 bridgehead atoms. The average molecular weight is 263 g/mol. The summed E-state index contributed by atoms with van der Waals surface area (Å²) in [4.78, 5) is 12.8. The van der Waals surface area contributed by atoms with Gasteiger partial charge in [-0.3, -0.25) is 10.1 Å². The molecular formula is C14H21N3O2. The molecule has 2 N–H and O–H groups in total. The van der Waals surface area contributed by atoms with Gasteiger partial charge in [-0.2, -0.15) is 0 Å². The van der Waals surface area contributed by atoms with E-state index in [2.05, 4.69) is 4.90 Å². The minimum absolute atomic E-state index is 0.107. The van der Waals surface area contributed by atoms with E-state index in [0.29, 0.717) is 11.6 Å². The van der Waals surface area contributed by atoms with Gasteiger partial charge < -0.3 is 10.6 Å². The van der Waals surface area contributed by atoms with Gasteiger partial charge in [0, 0.05) is 35.9 Å². The highest BCUT2D eigenvalue weighted by Gasteiger charge is 2.26. The van der Waals surface area contributed by atoms with Gasteiger partial charge in [0.05, 0.1) is 4.92 Å². The van der Waals surface area contributed by atoms with Crippen LogP contribution in [0.4, 0.5) is 11.4 Å². The first-order valence-electron chi connectivity index (χ1n) is 6.78. The molecule has 1 aromatic carbocycles. The number of nitrogens with two attached hydrogens (primary N) is 1. The fourth-order valence-corrected chi connectivity index (χ4v) is 2.85. The summed E-state index contributed by atoms with van der Waals surface area (Å²) < 4.78 is 0. The molecule has 5 nitrogen and oxygen atoms in total. The van der Waals surface area contributed by atoms with Crippen LogP contribution in [-0.2, 0) is 0 Å². The SMILES string of the molecule is Cc1cc(N2CCCCC2C(C)N)ccc1[N+](=O)[O-]. The highest BCUT2D eigenvalue weighted by Crippen LogP contribution is 2.29. The third kappa shape index (κ3) is 2.87. The number of anilines is 1. The maximum absolute atomic E-state index is 10.9. The first-order valence-corrected chi connectivity index (χ1v) is 6.78. The number of aryl methyl sites for hydroxylation is 1. The molecule has 1 heterocycles. The fraction of sp³-hybridized carbons (Fsp3) is 0.571. The number of nitrogens with zero attached hydrogens (tertiary/aromatic N) is 2. The molecule has 0 spiro atoms. The number of benzene rings is 1. The predicted octanol–water partition coefficient (Wildman–Crippen LogP) is 2.61. The van der Waals surface area contributed by atoms with Crippen molar-refractivity contribution in [3.63, 3.8) is 0 Å². The lowest BCUT2D eigenvalue weighted by molar-refractivity contribution is -0.385. The molecule has 1 saturated heterocycles. The lowest BCUT2D eigenvalue weighted by atomic mass is 9.96. The molecule has 5 heteroatoms. The molecule has 1 aromatic rings. The highest BCUT2D eigenvalue weighted by atomic mass is 16.6. The van der Waals surface area contributed by atoms with E-state index in [-0.39, 0.29) is 16.7 Å². The van der Waals surface area contributed by atoms with E-state index in [1.165, 1.54) is 6.42 Å². The summed E-state index contributed by atoms with van der Waals surface area (Å²) in [5.74, 6) is 0. The monoisotopic (exact) mass is 263 g/mol. The van der Waals surface area contributed by atoms with Crippen LogP contribution in [0.2, 0.25) is 0 Å². The van der Waals surface area contributed by atoms with Crippen molar-refractivity contribution in [2.24, 2.45) is 5.73 Å². The van der Waals surface area contributed by atoms with Crippen LogP contribution in [0.25, 0.3) is 0 Å². The van der Waals surface area contributed by atoms with Crippen LogP contribution in [0, 0.1) is 17.0 Å². The van der Waals surface area contributed by atoms with Crippen LogP contribution < -0.4 is 10.6 Å². The molecule has 1 aliphatic heterocycles. The Bertz CT molecular complexity index is 474. The summed E-state index contributed by atoms with van der Waals surface area (Å²) in [5, 5.41) is 10.9. The highest BCUT2D eigenvalue weighted by molar-refractivity contribution is 5.56. The Kier molecular flexibility index (Phi) is 4.04. The van der Waals surface area contributed by atoms with Gasteiger partial charge in [0.25, 0.3) is 5.69 Å². The molecular weight excluding hydrogens is 242 g/mol. The molecule has 0 saturated carbocycles. The van der Waals surface area contributed by atoms with Crippen molar-refractivity contribution in [3.8, 4) is 0 Å². The molecule has 0 aliphatic carbocycles. The lowest BCUT2D eigenvalue weighted by Crippen LogP contribution is -2.49. The first-order chi connectivity index (χ1) is 9.00. The molecule has 1 aliphatic rings. The lowest BCUT2D eigenvalue weighted by Gasteiger charge is -2.39. The normalized spacial score (nSPS) is 21.2. The predicted molar refractivity (Wildman–Crippen MR) is 76.5 cm³/mol. The van der Waals surface area contributed by atoms with Crippen molar-refractivity contribution >= 4 is 11.4 Å². The van der Waals surface area contributed by atoms with Gasteiger partial charge >= 0.3 is 0 Å². The summed E-state index contributed by atoms with van der Waals surface area (Å²) in [5.41, 5.74) is 7.99. The Morgan fingerprint density at radius 3 is 2.79 bits per heavy atom. The topological polar surface area (TPSA) is 72.4 Å². The van der Waals surface area contributed by atoms with Crippen LogP contribution >= 0.6 is 0 Å². The van der Waals surface area contributed by atoms with Crippen LogP contribution in [0.1, 0.15) is 31.7 Å². The third-order valence-corrected chi connectivity index (χ3v) is 3.86. The Morgan fingerprint density at radius 2 is 2.21 bits per heavy atom.